The minimum Gasteiger partial charge on any atom is -0.309 e. The molecule has 0 unspecified atom stereocenters. The van der Waals surface area contributed by atoms with Gasteiger partial charge in [-0.25, -0.2) is 9.07 Å². The molecule has 6 nitrogen and oxygen atoms in total. The maximum absolute atomic E-state index is 13.5. The lowest BCUT2D eigenvalue weighted by Gasteiger charge is -2.03. The average molecular weight is 299 g/mol. The van der Waals surface area contributed by atoms with Gasteiger partial charge < -0.3 is 5.32 Å². The molecule has 1 amide bonds. The molecular formula is C15H14FN5O. The first-order valence-corrected chi connectivity index (χ1v) is 6.71. The molecule has 1 N–H and O–H groups in total. The Morgan fingerprint density at radius 1 is 1.18 bits per heavy atom. The summed E-state index contributed by atoms with van der Waals surface area (Å²) in [6.45, 7) is 0. The number of nitrogens with one attached hydrogen (secondary N) is 1. The Balaban J connectivity index is 1.67. The van der Waals surface area contributed by atoms with Gasteiger partial charge in [-0.15, -0.1) is 5.10 Å². The molecule has 22 heavy (non-hydrogen) atoms. The number of rotatable bonds is 4. The number of hydrogen-bond acceptors (Lipinski definition) is 3. The molecular weight excluding hydrogens is 285 g/mol. The van der Waals surface area contributed by atoms with E-state index in [1.807, 2.05) is 7.05 Å². The Bertz CT molecular complexity index is 808. The van der Waals surface area contributed by atoms with Crippen LogP contribution in [0.3, 0.4) is 0 Å². The van der Waals surface area contributed by atoms with Gasteiger partial charge in [0.15, 0.2) is 11.6 Å². The van der Waals surface area contributed by atoms with E-state index in [0.29, 0.717) is 17.2 Å². The van der Waals surface area contributed by atoms with Crippen LogP contribution < -0.4 is 5.32 Å². The number of carbonyl (C=O) groups is 1. The van der Waals surface area contributed by atoms with Crippen molar-refractivity contribution in [3.63, 3.8) is 0 Å². The van der Waals surface area contributed by atoms with Crippen molar-refractivity contribution in [2.45, 2.75) is 6.42 Å². The summed E-state index contributed by atoms with van der Waals surface area (Å²) in [7, 11) is 1.81. The Kier molecular flexibility index (Phi) is 3.69. The van der Waals surface area contributed by atoms with Crippen molar-refractivity contribution in [3.05, 3.63) is 60.2 Å². The van der Waals surface area contributed by atoms with Crippen LogP contribution in [0.4, 0.5) is 10.2 Å². The maximum atomic E-state index is 13.5. The summed E-state index contributed by atoms with van der Waals surface area (Å²) in [6.07, 6.45) is 3.46. The van der Waals surface area contributed by atoms with E-state index >= 15 is 0 Å². The lowest BCUT2D eigenvalue weighted by Crippen LogP contribution is -2.15. The highest BCUT2D eigenvalue weighted by Gasteiger charge is 2.10. The Labute approximate surface area is 126 Å². The lowest BCUT2D eigenvalue weighted by molar-refractivity contribution is -0.115. The normalized spacial score (nSPS) is 10.6. The lowest BCUT2D eigenvalue weighted by atomic mass is 10.1. The van der Waals surface area contributed by atoms with Crippen molar-refractivity contribution in [2.24, 2.45) is 7.05 Å². The molecule has 112 valence electrons. The van der Waals surface area contributed by atoms with Crippen molar-refractivity contribution in [1.82, 2.24) is 19.6 Å². The quantitative estimate of drug-likeness (QED) is 0.800. The molecule has 2 heterocycles. The number of amides is 1. The van der Waals surface area contributed by atoms with Crippen LogP contribution in [0.5, 0.6) is 0 Å². The summed E-state index contributed by atoms with van der Waals surface area (Å²) in [6, 6.07) is 9.67. The van der Waals surface area contributed by atoms with E-state index in [0.717, 1.165) is 0 Å². The predicted octanol–water partition coefficient (Wildman–Crippen LogP) is 1.93. The van der Waals surface area contributed by atoms with Crippen LogP contribution >= 0.6 is 0 Å². The zero-order chi connectivity index (χ0) is 15.5. The van der Waals surface area contributed by atoms with Gasteiger partial charge in [-0.3, -0.25) is 9.48 Å². The van der Waals surface area contributed by atoms with Gasteiger partial charge >= 0.3 is 0 Å². The van der Waals surface area contributed by atoms with Crippen LogP contribution in [0.25, 0.3) is 5.82 Å². The fraction of sp³-hybridized carbons (Fsp3) is 0.133. The summed E-state index contributed by atoms with van der Waals surface area (Å²) in [4.78, 5) is 11.9. The first kappa shape index (κ1) is 14.0. The van der Waals surface area contributed by atoms with Crippen LogP contribution in [0.2, 0.25) is 0 Å². The van der Waals surface area contributed by atoms with Crippen LogP contribution in [0, 0.1) is 5.82 Å². The first-order chi connectivity index (χ1) is 10.6. The summed E-state index contributed by atoms with van der Waals surface area (Å²) in [5.41, 5.74) is 0.351. The number of hydrogen-bond donors (Lipinski definition) is 1. The SMILES string of the molecule is Cn1ccc(-n2ccc(NC(=O)Cc3ccccc3F)n2)n1. The maximum Gasteiger partial charge on any atom is 0.230 e. The molecule has 0 aliphatic carbocycles. The number of carbonyl (C=O) groups excluding carboxylic acids is 1. The average Bonchev–Trinajstić information content (AvgIpc) is 3.10. The molecule has 0 atom stereocenters. The standard InChI is InChI=1S/C15H14FN5O/c1-20-8-7-14(19-20)21-9-6-13(18-21)17-15(22)10-11-4-2-3-5-12(11)16/h2-9H,10H2,1H3,(H,17,18,22). The fourth-order valence-corrected chi connectivity index (χ4v) is 2.04. The topological polar surface area (TPSA) is 64.7 Å². The number of nitrogens with zero attached hydrogens (tertiary/aromatic N) is 4. The van der Waals surface area contributed by atoms with Crippen molar-refractivity contribution in [3.8, 4) is 5.82 Å². The smallest absolute Gasteiger partial charge is 0.230 e. The molecule has 0 saturated heterocycles. The van der Waals surface area contributed by atoms with E-state index in [1.54, 1.807) is 52.1 Å². The second-order valence-electron chi connectivity index (χ2n) is 4.81. The molecule has 0 saturated carbocycles. The largest absolute Gasteiger partial charge is 0.309 e. The molecule has 3 aromatic rings. The van der Waals surface area contributed by atoms with Crippen molar-refractivity contribution < 1.29 is 9.18 Å². The van der Waals surface area contributed by atoms with Gasteiger partial charge in [-0.1, -0.05) is 18.2 Å². The first-order valence-electron chi connectivity index (χ1n) is 6.71. The molecule has 2 aromatic heterocycles. The van der Waals surface area contributed by atoms with Gasteiger partial charge in [-0.2, -0.15) is 5.10 Å². The molecule has 0 spiro atoms. The van der Waals surface area contributed by atoms with Gasteiger partial charge in [0, 0.05) is 31.6 Å². The molecule has 0 bridgehead atoms. The zero-order valence-corrected chi connectivity index (χ0v) is 11.9. The molecule has 7 heteroatoms. The number of anilines is 1. The highest BCUT2D eigenvalue weighted by Crippen LogP contribution is 2.11. The number of aryl methyl sites for hydroxylation is 1. The van der Waals surface area contributed by atoms with Gasteiger partial charge in [0.05, 0.1) is 6.42 Å². The van der Waals surface area contributed by atoms with Crippen molar-refractivity contribution in [1.29, 1.82) is 0 Å². The third-order valence-electron chi connectivity index (χ3n) is 3.10. The van der Waals surface area contributed by atoms with E-state index in [9.17, 15) is 9.18 Å². The number of aromatic nitrogens is 4. The third kappa shape index (κ3) is 3.03. The van der Waals surface area contributed by atoms with Crippen LogP contribution in [-0.4, -0.2) is 25.5 Å². The van der Waals surface area contributed by atoms with Gasteiger partial charge in [0.2, 0.25) is 5.91 Å². The summed E-state index contributed by atoms with van der Waals surface area (Å²) in [5.74, 6) is 0.331. The third-order valence-corrected chi connectivity index (χ3v) is 3.10. The molecule has 3 rings (SSSR count). The molecule has 0 radical (unpaired) electrons. The summed E-state index contributed by atoms with van der Waals surface area (Å²) in [5, 5.41) is 11.1. The second-order valence-corrected chi connectivity index (χ2v) is 4.81. The summed E-state index contributed by atoms with van der Waals surface area (Å²) < 4.78 is 16.7. The van der Waals surface area contributed by atoms with E-state index in [2.05, 4.69) is 15.5 Å². The highest BCUT2D eigenvalue weighted by atomic mass is 19.1. The molecule has 1 aromatic carbocycles. The van der Waals surface area contributed by atoms with Crippen molar-refractivity contribution >= 4 is 11.7 Å². The minimum absolute atomic E-state index is 0.0386. The Morgan fingerprint density at radius 2 is 2.00 bits per heavy atom. The molecule has 0 aliphatic rings. The van der Waals surface area contributed by atoms with Gasteiger partial charge in [0.25, 0.3) is 0 Å². The number of halogens is 1. The Hall–Kier alpha value is -2.96. The van der Waals surface area contributed by atoms with E-state index < -0.39 is 5.82 Å². The van der Waals surface area contributed by atoms with Crippen LogP contribution in [0.15, 0.2) is 48.8 Å². The van der Waals surface area contributed by atoms with Gasteiger partial charge in [-0.05, 0) is 11.6 Å². The molecule has 0 aliphatic heterocycles. The van der Waals surface area contributed by atoms with E-state index in [4.69, 9.17) is 0 Å². The fourth-order valence-electron chi connectivity index (χ4n) is 2.04. The van der Waals surface area contributed by atoms with Crippen LogP contribution in [0.1, 0.15) is 5.56 Å². The van der Waals surface area contributed by atoms with Crippen molar-refractivity contribution in [2.75, 3.05) is 5.32 Å². The summed E-state index contributed by atoms with van der Waals surface area (Å²) >= 11 is 0. The second kappa shape index (κ2) is 5.80. The predicted molar refractivity (Wildman–Crippen MR) is 79.1 cm³/mol. The monoisotopic (exact) mass is 299 g/mol. The van der Waals surface area contributed by atoms with E-state index in [1.165, 1.54) is 6.07 Å². The minimum atomic E-state index is -0.392. The number of benzene rings is 1. The zero-order valence-electron chi connectivity index (χ0n) is 11.9. The molecule has 0 fully saturated rings. The van der Waals surface area contributed by atoms with Crippen LogP contribution in [-0.2, 0) is 18.3 Å². The highest BCUT2D eigenvalue weighted by molar-refractivity contribution is 5.91. The Morgan fingerprint density at radius 3 is 2.73 bits per heavy atom. The van der Waals surface area contributed by atoms with E-state index in [-0.39, 0.29) is 12.3 Å². The van der Waals surface area contributed by atoms with Gasteiger partial charge in [0.1, 0.15) is 5.82 Å².